The highest BCUT2D eigenvalue weighted by Gasteiger charge is 2.44. The van der Waals surface area contributed by atoms with Crippen LogP contribution in [0.25, 0.3) is 0 Å². The maximum atomic E-state index is 13.6. The molecule has 0 spiro atoms. The fourth-order valence-electron chi connectivity index (χ4n) is 4.70. The zero-order valence-corrected chi connectivity index (χ0v) is 22.9. The van der Waals surface area contributed by atoms with Crippen LogP contribution in [0.4, 0.5) is 4.79 Å². The average molecular weight is 525 g/mol. The van der Waals surface area contributed by atoms with Crippen LogP contribution in [-0.2, 0) is 28.7 Å². The van der Waals surface area contributed by atoms with E-state index in [4.69, 9.17) is 9.47 Å². The normalized spacial score (nSPS) is 19.2. The minimum Gasteiger partial charge on any atom is -0.467 e. The van der Waals surface area contributed by atoms with Gasteiger partial charge in [-0.1, -0.05) is 59.8 Å². The molecule has 11 nitrogen and oxygen atoms in total. The monoisotopic (exact) mass is 524 g/mol. The van der Waals surface area contributed by atoms with Crippen LogP contribution in [-0.4, -0.2) is 85.5 Å². The summed E-state index contributed by atoms with van der Waals surface area (Å²) in [6, 6.07) is -2.44. The third kappa shape index (κ3) is 8.41. The molecule has 11 heteroatoms. The van der Waals surface area contributed by atoms with E-state index in [1.54, 1.807) is 25.7 Å². The van der Waals surface area contributed by atoms with E-state index in [2.05, 4.69) is 16.0 Å². The molecule has 1 saturated heterocycles. The molecular weight excluding hydrogens is 480 g/mol. The number of carbonyl (C=O) groups excluding carboxylic acids is 5. The Hall–Kier alpha value is -2.69. The van der Waals surface area contributed by atoms with Gasteiger partial charge in [0, 0.05) is 13.1 Å². The fourth-order valence-corrected chi connectivity index (χ4v) is 4.70. The quantitative estimate of drug-likeness (QED) is 0.291. The Balaban J connectivity index is 2.20. The van der Waals surface area contributed by atoms with E-state index >= 15 is 0 Å². The Morgan fingerprint density at radius 2 is 1.62 bits per heavy atom. The number of hydrogen-bond acceptors (Lipinski definition) is 7. The summed E-state index contributed by atoms with van der Waals surface area (Å²) in [7, 11) is 1.22. The molecule has 3 N–H and O–H groups in total. The first-order chi connectivity index (χ1) is 17.4. The first-order valence-electron chi connectivity index (χ1n) is 13.3. The molecule has 2 fully saturated rings. The van der Waals surface area contributed by atoms with Crippen LogP contribution in [0.3, 0.4) is 0 Å². The van der Waals surface area contributed by atoms with Crippen LogP contribution in [0.5, 0.6) is 0 Å². The molecular formula is C26H44N4O7. The van der Waals surface area contributed by atoms with Crippen LogP contribution < -0.4 is 16.0 Å². The largest absolute Gasteiger partial charge is 0.467 e. The Labute approximate surface area is 219 Å². The van der Waals surface area contributed by atoms with Gasteiger partial charge in [-0.25, -0.2) is 9.59 Å². The number of amides is 4. The van der Waals surface area contributed by atoms with Crippen molar-refractivity contribution in [1.82, 2.24) is 20.9 Å². The molecule has 0 aromatic carbocycles. The van der Waals surface area contributed by atoms with Gasteiger partial charge in [0.1, 0.15) is 11.6 Å². The number of ketones is 1. The molecule has 0 unspecified atom stereocenters. The predicted molar refractivity (Wildman–Crippen MR) is 137 cm³/mol. The molecule has 1 aliphatic carbocycles. The number of nitrogens with one attached hydrogen (secondary N) is 3. The second kappa shape index (κ2) is 13.7. The molecule has 37 heavy (non-hydrogen) atoms. The van der Waals surface area contributed by atoms with Crippen molar-refractivity contribution < 1.29 is 33.4 Å². The highest BCUT2D eigenvalue weighted by molar-refractivity contribution is 6.38. The number of ether oxygens (including phenoxy) is 2. The lowest BCUT2D eigenvalue weighted by molar-refractivity contribution is -0.150. The lowest BCUT2D eigenvalue weighted by Gasteiger charge is -2.39. The molecule has 4 amide bonds. The molecule has 0 radical (unpaired) electrons. The molecule has 1 saturated carbocycles. The van der Waals surface area contributed by atoms with E-state index in [-0.39, 0.29) is 12.5 Å². The topological polar surface area (TPSA) is 143 Å². The molecule has 210 valence electrons. The maximum absolute atomic E-state index is 13.6. The molecule has 1 aliphatic heterocycles. The van der Waals surface area contributed by atoms with Crippen LogP contribution in [0, 0.1) is 5.41 Å². The Morgan fingerprint density at radius 1 is 1.00 bits per heavy atom. The minimum absolute atomic E-state index is 0.264. The van der Waals surface area contributed by atoms with Crippen molar-refractivity contribution in [3.8, 4) is 0 Å². The number of methoxy groups -OCH3 is 1. The van der Waals surface area contributed by atoms with Crippen molar-refractivity contribution in [3.63, 3.8) is 0 Å². The molecule has 2 atom stereocenters. The lowest BCUT2D eigenvalue weighted by Crippen LogP contribution is -2.65. The van der Waals surface area contributed by atoms with Crippen molar-refractivity contribution in [2.24, 2.45) is 5.41 Å². The first-order valence-corrected chi connectivity index (χ1v) is 13.3. The van der Waals surface area contributed by atoms with E-state index < -0.39 is 46.6 Å². The standard InChI is InChI=1S/C26H44N4O7/c1-6-7-11-18(19(31)21(32)28-20(22(33)36-5)25(2,3)4)27-23(34)26(12-9-8-10-13-26)29-24(35)30-14-16-37-17-15-30/h18,20H,6-17H2,1-5H3,(H,27,34)(H,28,32)(H,29,35)/t18-,20+/m0/s1. The van der Waals surface area contributed by atoms with E-state index in [1.165, 1.54) is 7.11 Å². The summed E-state index contributed by atoms with van der Waals surface area (Å²) >= 11 is 0. The number of nitrogens with zero attached hydrogens (tertiary/aromatic N) is 1. The Kier molecular flexibility index (Phi) is 11.3. The lowest BCUT2D eigenvalue weighted by atomic mass is 9.80. The van der Waals surface area contributed by atoms with Gasteiger partial charge in [-0.2, -0.15) is 0 Å². The van der Waals surface area contributed by atoms with Crippen molar-refractivity contribution in [2.45, 2.75) is 96.7 Å². The summed E-state index contributed by atoms with van der Waals surface area (Å²) in [5.74, 6) is -2.90. The SMILES string of the molecule is CCCC[C@H](NC(=O)C1(NC(=O)N2CCOCC2)CCCCC1)C(=O)C(=O)N[C@H](C(=O)OC)C(C)(C)C. The second-order valence-electron chi connectivity index (χ2n) is 11.0. The molecule has 2 aliphatic rings. The molecule has 0 bridgehead atoms. The second-order valence-corrected chi connectivity index (χ2v) is 11.0. The zero-order chi connectivity index (χ0) is 27.6. The maximum Gasteiger partial charge on any atom is 0.328 e. The Bertz CT molecular complexity index is 827. The summed E-state index contributed by atoms with van der Waals surface area (Å²) in [4.78, 5) is 66.7. The van der Waals surface area contributed by atoms with Gasteiger partial charge in [0.05, 0.1) is 26.4 Å². The third-order valence-corrected chi connectivity index (χ3v) is 7.06. The van der Waals surface area contributed by atoms with Gasteiger partial charge < -0.3 is 30.3 Å². The van der Waals surface area contributed by atoms with Gasteiger partial charge in [-0.05, 0) is 24.7 Å². The summed E-state index contributed by atoms with van der Waals surface area (Å²) in [6.45, 7) is 8.96. The van der Waals surface area contributed by atoms with Crippen molar-refractivity contribution in [3.05, 3.63) is 0 Å². The summed E-state index contributed by atoms with van der Waals surface area (Å²) in [5.41, 5.74) is -1.85. The highest BCUT2D eigenvalue weighted by Crippen LogP contribution is 2.29. The first kappa shape index (κ1) is 30.5. The van der Waals surface area contributed by atoms with E-state index in [0.717, 1.165) is 25.7 Å². The minimum atomic E-state index is -1.16. The summed E-state index contributed by atoms with van der Waals surface area (Å²) in [5, 5.41) is 8.23. The van der Waals surface area contributed by atoms with Gasteiger partial charge in [0.15, 0.2) is 0 Å². The average Bonchev–Trinajstić information content (AvgIpc) is 2.88. The smallest absolute Gasteiger partial charge is 0.328 e. The molecule has 1 heterocycles. The fraction of sp³-hybridized carbons (Fsp3) is 0.808. The number of urea groups is 1. The summed E-state index contributed by atoms with van der Waals surface area (Å²) in [6.07, 6.45) is 5.00. The number of hydrogen-bond donors (Lipinski definition) is 3. The van der Waals surface area contributed by atoms with Crippen LogP contribution in [0.15, 0.2) is 0 Å². The van der Waals surface area contributed by atoms with Gasteiger partial charge >= 0.3 is 12.0 Å². The third-order valence-electron chi connectivity index (χ3n) is 7.06. The number of Topliss-reactive ketones (excluding diaryl/α,β-unsaturated/α-hetero) is 1. The van der Waals surface area contributed by atoms with Crippen molar-refractivity contribution >= 4 is 29.6 Å². The highest BCUT2D eigenvalue weighted by atomic mass is 16.5. The molecule has 0 aromatic rings. The van der Waals surface area contributed by atoms with Crippen molar-refractivity contribution in [2.75, 3.05) is 33.4 Å². The van der Waals surface area contributed by atoms with Gasteiger partial charge in [-0.3, -0.25) is 14.4 Å². The van der Waals surface area contributed by atoms with E-state index in [0.29, 0.717) is 45.6 Å². The Morgan fingerprint density at radius 3 is 2.16 bits per heavy atom. The van der Waals surface area contributed by atoms with Crippen molar-refractivity contribution in [1.29, 1.82) is 0 Å². The predicted octanol–water partition coefficient (Wildman–Crippen LogP) is 1.68. The molecule has 0 aromatic heterocycles. The number of rotatable bonds is 10. The van der Waals surface area contributed by atoms with Gasteiger partial charge in [0.25, 0.3) is 5.91 Å². The number of carbonyl (C=O) groups is 5. The summed E-state index contributed by atoms with van der Waals surface area (Å²) < 4.78 is 10.1. The number of esters is 1. The molecule has 2 rings (SSSR count). The van der Waals surface area contributed by atoms with Crippen LogP contribution in [0.2, 0.25) is 0 Å². The van der Waals surface area contributed by atoms with Gasteiger partial charge in [0.2, 0.25) is 11.7 Å². The van der Waals surface area contributed by atoms with E-state index in [1.807, 2.05) is 6.92 Å². The van der Waals surface area contributed by atoms with Crippen LogP contribution in [0.1, 0.15) is 79.1 Å². The van der Waals surface area contributed by atoms with Crippen LogP contribution >= 0.6 is 0 Å². The number of morpholine rings is 1. The van der Waals surface area contributed by atoms with E-state index in [9.17, 15) is 24.0 Å². The van der Waals surface area contributed by atoms with Gasteiger partial charge in [-0.15, -0.1) is 0 Å². The number of unbranched alkanes of at least 4 members (excludes halogenated alkanes) is 1. The zero-order valence-electron chi connectivity index (χ0n) is 22.9.